The Hall–Kier alpha value is -1.51. The third-order valence-electron chi connectivity index (χ3n) is 3.10. The number of rotatable bonds is 5. The van der Waals surface area contributed by atoms with E-state index in [0.29, 0.717) is 17.9 Å². The minimum Gasteiger partial charge on any atom is -0.480 e. The second-order valence-electron chi connectivity index (χ2n) is 4.52. The molecule has 104 valence electrons. The van der Waals surface area contributed by atoms with E-state index in [1.54, 1.807) is 0 Å². The van der Waals surface area contributed by atoms with Crippen LogP contribution in [0.25, 0.3) is 11.1 Å². The zero-order valence-corrected chi connectivity index (χ0v) is 12.2. The lowest BCUT2D eigenvalue weighted by Crippen LogP contribution is -2.13. The summed E-state index contributed by atoms with van der Waals surface area (Å²) in [7, 11) is 0. The minimum absolute atomic E-state index is 0.362. The molecule has 0 spiro atoms. The molecule has 2 aromatic carbocycles. The number of halogens is 2. The van der Waals surface area contributed by atoms with Crippen LogP contribution < -0.4 is 0 Å². The molecule has 0 aliphatic heterocycles. The van der Waals surface area contributed by atoms with Crippen molar-refractivity contribution >= 4 is 29.2 Å². The van der Waals surface area contributed by atoms with E-state index in [1.807, 2.05) is 48.5 Å². The summed E-state index contributed by atoms with van der Waals surface area (Å²) in [5, 5.41) is 8.52. The molecule has 0 saturated carbocycles. The van der Waals surface area contributed by atoms with Crippen LogP contribution in [0.1, 0.15) is 12.0 Å². The first-order valence-electron chi connectivity index (χ1n) is 6.28. The van der Waals surface area contributed by atoms with Crippen molar-refractivity contribution in [3.8, 4) is 11.1 Å². The highest BCUT2D eigenvalue weighted by molar-refractivity contribution is 6.31. The second-order valence-corrected chi connectivity index (χ2v) is 5.45. The lowest BCUT2D eigenvalue weighted by molar-refractivity contribution is -0.136. The molecule has 2 rings (SSSR count). The van der Waals surface area contributed by atoms with Crippen molar-refractivity contribution in [3.63, 3.8) is 0 Å². The molecular formula is C16H14Cl2O2. The first-order chi connectivity index (χ1) is 9.58. The first-order valence-corrected chi connectivity index (χ1v) is 7.10. The Morgan fingerprint density at radius 3 is 2.40 bits per heavy atom. The number of aliphatic carboxylic acids is 1. The van der Waals surface area contributed by atoms with E-state index in [2.05, 4.69) is 0 Å². The predicted molar refractivity (Wildman–Crippen MR) is 82.5 cm³/mol. The van der Waals surface area contributed by atoms with Gasteiger partial charge in [-0.2, -0.15) is 0 Å². The van der Waals surface area contributed by atoms with E-state index in [1.165, 1.54) is 0 Å². The maximum Gasteiger partial charge on any atom is 0.321 e. The molecule has 0 aliphatic rings. The molecule has 4 heteroatoms. The van der Waals surface area contributed by atoms with Gasteiger partial charge in [0.05, 0.1) is 0 Å². The SMILES string of the molecule is O=C(O)C(Cl)CCc1ccc(-c2ccccc2)cc1Cl. The van der Waals surface area contributed by atoms with Gasteiger partial charge in [0.2, 0.25) is 0 Å². The maximum absolute atomic E-state index is 10.7. The quantitative estimate of drug-likeness (QED) is 0.818. The zero-order chi connectivity index (χ0) is 14.5. The fourth-order valence-corrected chi connectivity index (χ4v) is 2.35. The molecule has 1 unspecified atom stereocenters. The smallest absolute Gasteiger partial charge is 0.321 e. The van der Waals surface area contributed by atoms with Crippen molar-refractivity contribution in [1.29, 1.82) is 0 Å². The molecule has 2 aromatic rings. The van der Waals surface area contributed by atoms with Gasteiger partial charge in [-0.05, 0) is 35.6 Å². The number of carboxylic acid groups (broad SMARTS) is 1. The molecule has 0 heterocycles. The van der Waals surface area contributed by atoms with Crippen LogP contribution in [0.4, 0.5) is 0 Å². The molecule has 0 bridgehead atoms. The van der Waals surface area contributed by atoms with Crippen LogP contribution in [-0.2, 0) is 11.2 Å². The molecule has 0 amide bonds. The van der Waals surface area contributed by atoms with Crippen LogP contribution in [0.3, 0.4) is 0 Å². The summed E-state index contributed by atoms with van der Waals surface area (Å²) in [6.07, 6.45) is 0.912. The number of alkyl halides is 1. The average molecular weight is 309 g/mol. The summed E-state index contributed by atoms with van der Waals surface area (Å²) >= 11 is 12.0. The Morgan fingerprint density at radius 2 is 1.80 bits per heavy atom. The van der Waals surface area contributed by atoms with Gasteiger partial charge in [0.1, 0.15) is 5.38 Å². The third kappa shape index (κ3) is 3.75. The normalized spacial score (nSPS) is 12.1. The van der Waals surface area contributed by atoms with Gasteiger partial charge in [-0.1, -0.05) is 54.1 Å². The van der Waals surface area contributed by atoms with E-state index in [4.69, 9.17) is 28.3 Å². The Morgan fingerprint density at radius 1 is 1.10 bits per heavy atom. The van der Waals surface area contributed by atoms with Crippen molar-refractivity contribution in [1.82, 2.24) is 0 Å². The molecule has 0 radical (unpaired) electrons. The van der Waals surface area contributed by atoms with E-state index >= 15 is 0 Å². The number of benzene rings is 2. The largest absolute Gasteiger partial charge is 0.480 e. The van der Waals surface area contributed by atoms with Gasteiger partial charge >= 0.3 is 5.97 Å². The Balaban J connectivity index is 2.12. The molecule has 1 atom stereocenters. The summed E-state index contributed by atoms with van der Waals surface area (Å²) in [5.74, 6) is -0.997. The van der Waals surface area contributed by atoms with Crippen LogP contribution in [0.15, 0.2) is 48.5 Å². The van der Waals surface area contributed by atoms with Crippen molar-refractivity contribution in [2.45, 2.75) is 18.2 Å². The molecule has 20 heavy (non-hydrogen) atoms. The van der Waals surface area contributed by atoms with Crippen LogP contribution >= 0.6 is 23.2 Å². The van der Waals surface area contributed by atoms with E-state index in [-0.39, 0.29) is 0 Å². The molecule has 2 nitrogen and oxygen atoms in total. The highest BCUT2D eigenvalue weighted by atomic mass is 35.5. The van der Waals surface area contributed by atoms with E-state index in [0.717, 1.165) is 16.7 Å². The molecule has 0 saturated heterocycles. The highest BCUT2D eigenvalue weighted by Gasteiger charge is 2.14. The van der Waals surface area contributed by atoms with Gasteiger partial charge in [0.25, 0.3) is 0 Å². The zero-order valence-electron chi connectivity index (χ0n) is 10.7. The number of hydrogen-bond acceptors (Lipinski definition) is 1. The van der Waals surface area contributed by atoms with Gasteiger partial charge in [-0.15, -0.1) is 11.6 Å². The Bertz CT molecular complexity index is 597. The van der Waals surface area contributed by atoms with Crippen LogP contribution in [0.5, 0.6) is 0 Å². The van der Waals surface area contributed by atoms with Crippen LogP contribution in [-0.4, -0.2) is 16.5 Å². The lowest BCUT2D eigenvalue weighted by Gasteiger charge is -2.08. The van der Waals surface area contributed by atoms with Gasteiger partial charge in [-0.25, -0.2) is 0 Å². The van der Waals surface area contributed by atoms with Gasteiger partial charge in [0.15, 0.2) is 0 Å². The highest BCUT2D eigenvalue weighted by Crippen LogP contribution is 2.26. The number of carboxylic acids is 1. The van der Waals surface area contributed by atoms with Gasteiger partial charge in [0, 0.05) is 5.02 Å². The van der Waals surface area contributed by atoms with Crippen LogP contribution in [0, 0.1) is 0 Å². The van der Waals surface area contributed by atoms with Crippen molar-refractivity contribution in [2.75, 3.05) is 0 Å². The van der Waals surface area contributed by atoms with Crippen LogP contribution in [0.2, 0.25) is 5.02 Å². The molecule has 1 N–H and O–H groups in total. The minimum atomic E-state index is -0.997. The van der Waals surface area contributed by atoms with E-state index < -0.39 is 11.3 Å². The van der Waals surface area contributed by atoms with Crippen molar-refractivity contribution in [2.24, 2.45) is 0 Å². The molecule has 0 aliphatic carbocycles. The second kappa shape index (κ2) is 6.78. The van der Waals surface area contributed by atoms with Gasteiger partial charge in [-0.3, -0.25) is 4.79 Å². The third-order valence-corrected chi connectivity index (χ3v) is 3.85. The van der Waals surface area contributed by atoms with E-state index in [9.17, 15) is 4.79 Å². The summed E-state index contributed by atoms with van der Waals surface area (Å²) in [6, 6.07) is 15.8. The summed E-state index contributed by atoms with van der Waals surface area (Å²) in [4.78, 5) is 10.7. The van der Waals surface area contributed by atoms with Crippen molar-refractivity contribution in [3.05, 3.63) is 59.1 Å². The molecule has 0 aromatic heterocycles. The maximum atomic E-state index is 10.7. The lowest BCUT2D eigenvalue weighted by atomic mass is 10.0. The molecule has 0 fully saturated rings. The Kier molecular flexibility index (Phi) is 5.05. The summed E-state index contributed by atoms with van der Waals surface area (Å²) in [6.45, 7) is 0. The topological polar surface area (TPSA) is 37.3 Å². The standard InChI is InChI=1S/C16H14Cl2O2/c17-14(16(19)20)9-8-12-6-7-13(10-15(12)18)11-4-2-1-3-5-11/h1-7,10,14H,8-9H2,(H,19,20). The molecular weight excluding hydrogens is 295 g/mol. The number of carbonyl (C=O) groups is 1. The fourth-order valence-electron chi connectivity index (χ4n) is 1.97. The van der Waals surface area contributed by atoms with Gasteiger partial charge < -0.3 is 5.11 Å². The van der Waals surface area contributed by atoms with Crippen molar-refractivity contribution < 1.29 is 9.90 Å². The number of hydrogen-bond donors (Lipinski definition) is 1. The number of aryl methyl sites for hydroxylation is 1. The fraction of sp³-hybridized carbons (Fsp3) is 0.188. The first kappa shape index (κ1) is 14.9. The average Bonchev–Trinajstić information content (AvgIpc) is 2.46. The summed E-state index contributed by atoms with van der Waals surface area (Å²) < 4.78 is 0. The summed E-state index contributed by atoms with van der Waals surface area (Å²) in [5.41, 5.74) is 3.06. The predicted octanol–water partition coefficient (Wildman–Crippen LogP) is 4.63. The monoisotopic (exact) mass is 308 g/mol. The Labute approximate surface area is 128 Å².